The molecule has 116 valence electrons. The number of carbonyl (C=O) groups is 1. The average molecular weight is 320 g/mol. The van der Waals surface area contributed by atoms with Gasteiger partial charge in [0.1, 0.15) is 0 Å². The van der Waals surface area contributed by atoms with E-state index in [1.165, 1.54) is 7.11 Å². The SMILES string of the molecule is COc1cccc(C(=O)N(C)Cc2cccc(Cl)c2)c1OC. The van der Waals surface area contributed by atoms with Gasteiger partial charge in [0, 0.05) is 18.6 Å². The summed E-state index contributed by atoms with van der Waals surface area (Å²) >= 11 is 5.97. The molecule has 0 aliphatic heterocycles. The van der Waals surface area contributed by atoms with Crippen LogP contribution in [-0.2, 0) is 6.54 Å². The molecule has 0 spiro atoms. The van der Waals surface area contributed by atoms with E-state index in [0.29, 0.717) is 28.6 Å². The Labute approximate surface area is 135 Å². The van der Waals surface area contributed by atoms with Crippen LogP contribution in [0.4, 0.5) is 0 Å². The minimum absolute atomic E-state index is 0.143. The Morgan fingerprint density at radius 3 is 2.50 bits per heavy atom. The van der Waals surface area contributed by atoms with Crippen molar-refractivity contribution in [3.05, 3.63) is 58.6 Å². The summed E-state index contributed by atoms with van der Waals surface area (Å²) < 4.78 is 10.5. The summed E-state index contributed by atoms with van der Waals surface area (Å²) in [6.07, 6.45) is 0. The van der Waals surface area contributed by atoms with Gasteiger partial charge in [0.05, 0.1) is 19.8 Å². The molecule has 2 aromatic rings. The monoisotopic (exact) mass is 319 g/mol. The summed E-state index contributed by atoms with van der Waals surface area (Å²) in [5.74, 6) is 0.827. The number of para-hydroxylation sites is 1. The Balaban J connectivity index is 2.24. The molecule has 0 N–H and O–H groups in total. The van der Waals surface area contributed by atoms with Crippen molar-refractivity contribution in [1.82, 2.24) is 4.90 Å². The molecule has 4 nitrogen and oxygen atoms in total. The van der Waals surface area contributed by atoms with E-state index in [1.807, 2.05) is 18.2 Å². The van der Waals surface area contributed by atoms with Crippen LogP contribution in [0.15, 0.2) is 42.5 Å². The maximum absolute atomic E-state index is 12.6. The molecule has 0 saturated carbocycles. The van der Waals surface area contributed by atoms with Crippen LogP contribution in [0.2, 0.25) is 5.02 Å². The highest BCUT2D eigenvalue weighted by molar-refractivity contribution is 6.30. The predicted molar refractivity (Wildman–Crippen MR) is 86.8 cm³/mol. The molecule has 0 aromatic heterocycles. The first-order valence-corrected chi connectivity index (χ1v) is 7.15. The summed E-state index contributed by atoms with van der Waals surface area (Å²) in [6, 6.07) is 12.7. The van der Waals surface area contributed by atoms with Crippen LogP contribution < -0.4 is 9.47 Å². The lowest BCUT2D eigenvalue weighted by Gasteiger charge is -2.19. The van der Waals surface area contributed by atoms with Crippen molar-refractivity contribution < 1.29 is 14.3 Å². The number of carbonyl (C=O) groups excluding carboxylic acids is 1. The van der Waals surface area contributed by atoms with Crippen LogP contribution in [0.25, 0.3) is 0 Å². The minimum atomic E-state index is -0.143. The Bertz CT molecular complexity index is 673. The topological polar surface area (TPSA) is 38.8 Å². The van der Waals surface area contributed by atoms with E-state index in [2.05, 4.69) is 0 Å². The molecule has 0 aliphatic carbocycles. The third kappa shape index (κ3) is 3.52. The summed E-state index contributed by atoms with van der Waals surface area (Å²) in [6.45, 7) is 0.458. The van der Waals surface area contributed by atoms with Crippen molar-refractivity contribution in [2.24, 2.45) is 0 Å². The zero-order chi connectivity index (χ0) is 16.1. The number of methoxy groups -OCH3 is 2. The standard InChI is InChI=1S/C17H18ClNO3/c1-19(11-12-6-4-7-13(18)10-12)17(20)14-8-5-9-15(21-2)16(14)22-3/h4-10H,11H2,1-3H3. The van der Waals surface area contributed by atoms with E-state index in [0.717, 1.165) is 5.56 Å². The molecule has 0 aliphatic rings. The quantitative estimate of drug-likeness (QED) is 0.844. The molecule has 0 atom stereocenters. The number of amides is 1. The highest BCUT2D eigenvalue weighted by Crippen LogP contribution is 2.31. The molecule has 0 bridgehead atoms. The first kappa shape index (κ1) is 16.2. The lowest BCUT2D eigenvalue weighted by Crippen LogP contribution is -2.26. The van der Waals surface area contributed by atoms with Gasteiger partial charge in [0.25, 0.3) is 5.91 Å². The average Bonchev–Trinajstić information content (AvgIpc) is 2.53. The van der Waals surface area contributed by atoms with Crippen LogP contribution >= 0.6 is 11.6 Å². The van der Waals surface area contributed by atoms with Crippen molar-refractivity contribution in [2.45, 2.75) is 6.54 Å². The first-order valence-electron chi connectivity index (χ1n) is 6.77. The third-order valence-electron chi connectivity index (χ3n) is 3.29. The van der Waals surface area contributed by atoms with Crippen molar-refractivity contribution >= 4 is 17.5 Å². The molecule has 0 fully saturated rings. The van der Waals surface area contributed by atoms with Crippen molar-refractivity contribution in [2.75, 3.05) is 21.3 Å². The third-order valence-corrected chi connectivity index (χ3v) is 3.52. The maximum Gasteiger partial charge on any atom is 0.257 e. The second-order valence-corrected chi connectivity index (χ2v) is 5.27. The van der Waals surface area contributed by atoms with Gasteiger partial charge in [-0.2, -0.15) is 0 Å². The highest BCUT2D eigenvalue weighted by Gasteiger charge is 2.19. The summed E-state index contributed by atoms with van der Waals surface area (Å²) in [7, 11) is 4.80. The molecule has 1 amide bonds. The summed E-state index contributed by atoms with van der Waals surface area (Å²) in [5.41, 5.74) is 1.43. The van der Waals surface area contributed by atoms with E-state index in [-0.39, 0.29) is 5.91 Å². The van der Waals surface area contributed by atoms with Crippen LogP contribution in [0.5, 0.6) is 11.5 Å². The van der Waals surface area contributed by atoms with Crippen molar-refractivity contribution in [3.63, 3.8) is 0 Å². The van der Waals surface area contributed by atoms with Gasteiger partial charge in [0.2, 0.25) is 0 Å². The molecule has 0 heterocycles. The van der Waals surface area contributed by atoms with E-state index in [4.69, 9.17) is 21.1 Å². The normalized spacial score (nSPS) is 10.2. The van der Waals surface area contributed by atoms with Gasteiger partial charge in [-0.25, -0.2) is 0 Å². The number of ether oxygens (including phenoxy) is 2. The number of hydrogen-bond acceptors (Lipinski definition) is 3. The first-order chi connectivity index (χ1) is 10.6. The fourth-order valence-electron chi connectivity index (χ4n) is 2.24. The predicted octanol–water partition coefficient (Wildman–Crippen LogP) is 3.63. The number of nitrogens with zero attached hydrogens (tertiary/aromatic N) is 1. The second-order valence-electron chi connectivity index (χ2n) is 4.83. The molecule has 2 aromatic carbocycles. The van der Waals surface area contributed by atoms with Crippen molar-refractivity contribution in [3.8, 4) is 11.5 Å². The second kappa shape index (κ2) is 7.18. The Kier molecular flexibility index (Phi) is 5.28. The largest absolute Gasteiger partial charge is 0.493 e. The summed E-state index contributed by atoms with van der Waals surface area (Å²) in [5, 5.41) is 0.650. The highest BCUT2D eigenvalue weighted by atomic mass is 35.5. The van der Waals surface area contributed by atoms with Crippen molar-refractivity contribution in [1.29, 1.82) is 0 Å². The molecule has 5 heteroatoms. The van der Waals surface area contributed by atoms with Crippen LogP contribution in [0, 0.1) is 0 Å². The van der Waals surface area contributed by atoms with Gasteiger partial charge >= 0.3 is 0 Å². The van der Waals surface area contributed by atoms with Crippen LogP contribution in [0.3, 0.4) is 0 Å². The van der Waals surface area contributed by atoms with Gasteiger partial charge in [-0.3, -0.25) is 4.79 Å². The molecule has 22 heavy (non-hydrogen) atoms. The molecule has 0 radical (unpaired) electrons. The number of benzene rings is 2. The van der Waals surface area contributed by atoms with Crippen LogP contribution in [0.1, 0.15) is 15.9 Å². The molecule has 2 rings (SSSR count). The lowest BCUT2D eigenvalue weighted by atomic mass is 10.1. The van der Waals surface area contributed by atoms with Gasteiger partial charge < -0.3 is 14.4 Å². The fourth-order valence-corrected chi connectivity index (χ4v) is 2.46. The van der Waals surface area contributed by atoms with Gasteiger partial charge in [-0.05, 0) is 29.8 Å². The Morgan fingerprint density at radius 2 is 1.86 bits per heavy atom. The summed E-state index contributed by atoms with van der Waals surface area (Å²) in [4.78, 5) is 14.3. The number of rotatable bonds is 5. The van der Waals surface area contributed by atoms with E-state index >= 15 is 0 Å². The van der Waals surface area contributed by atoms with Gasteiger partial charge in [-0.15, -0.1) is 0 Å². The van der Waals surface area contributed by atoms with E-state index in [1.54, 1.807) is 43.3 Å². The fraction of sp³-hybridized carbons (Fsp3) is 0.235. The molecular weight excluding hydrogens is 302 g/mol. The molecular formula is C17H18ClNO3. The van der Waals surface area contributed by atoms with E-state index in [9.17, 15) is 4.79 Å². The molecule has 0 saturated heterocycles. The molecule has 0 unspecified atom stereocenters. The van der Waals surface area contributed by atoms with Crippen LogP contribution in [-0.4, -0.2) is 32.1 Å². The minimum Gasteiger partial charge on any atom is -0.493 e. The Hall–Kier alpha value is -2.20. The zero-order valence-electron chi connectivity index (χ0n) is 12.8. The lowest BCUT2D eigenvalue weighted by molar-refractivity contribution is 0.0781. The number of halogens is 1. The zero-order valence-corrected chi connectivity index (χ0v) is 13.6. The number of hydrogen-bond donors (Lipinski definition) is 0. The smallest absolute Gasteiger partial charge is 0.257 e. The van der Waals surface area contributed by atoms with Gasteiger partial charge in [0.15, 0.2) is 11.5 Å². The van der Waals surface area contributed by atoms with E-state index < -0.39 is 0 Å². The van der Waals surface area contributed by atoms with Gasteiger partial charge in [-0.1, -0.05) is 29.8 Å². The Morgan fingerprint density at radius 1 is 1.14 bits per heavy atom. The maximum atomic E-state index is 12.6.